The van der Waals surface area contributed by atoms with Gasteiger partial charge in [0.25, 0.3) is 0 Å². The Bertz CT molecular complexity index is 1050. The molecule has 1 saturated heterocycles. The van der Waals surface area contributed by atoms with Crippen LogP contribution in [-0.4, -0.2) is 89.6 Å². The summed E-state index contributed by atoms with van der Waals surface area (Å²) in [6.07, 6.45) is -4.06. The average Bonchev–Trinajstić information content (AvgIpc) is 2.87. The highest BCUT2D eigenvalue weighted by molar-refractivity contribution is 5.87. The summed E-state index contributed by atoms with van der Waals surface area (Å²) in [5.41, 5.74) is 1.28. The monoisotopic (exact) mass is 506 g/mol. The van der Waals surface area contributed by atoms with Crippen LogP contribution in [-0.2, 0) is 25.4 Å². The zero-order valence-electron chi connectivity index (χ0n) is 19.8. The third-order valence-electron chi connectivity index (χ3n) is 5.60. The molecule has 1 fully saturated rings. The van der Waals surface area contributed by atoms with Crippen LogP contribution >= 0.6 is 0 Å². The second-order valence-corrected chi connectivity index (χ2v) is 8.00. The number of rotatable bonds is 10. The minimum absolute atomic E-state index is 0.0250. The number of ether oxygens (including phenoxy) is 5. The molecule has 1 aliphatic rings. The topological polar surface area (TPSA) is 164 Å². The Kier molecular flexibility index (Phi) is 9.51. The van der Waals surface area contributed by atoms with E-state index in [-0.39, 0.29) is 23.9 Å². The first-order valence-corrected chi connectivity index (χ1v) is 11.1. The normalized spacial score (nSPS) is 24.0. The van der Waals surface area contributed by atoms with Gasteiger partial charge < -0.3 is 49.2 Å². The Morgan fingerprint density at radius 1 is 1.00 bits per heavy atom. The van der Waals surface area contributed by atoms with Crippen LogP contribution in [0, 0.1) is 0 Å². The minimum atomic E-state index is -1.59. The molecular weight excluding hydrogens is 476 g/mol. The maximum absolute atomic E-state index is 12.3. The fourth-order valence-electron chi connectivity index (χ4n) is 3.66. The first kappa shape index (κ1) is 27.2. The van der Waals surface area contributed by atoms with Crippen LogP contribution in [0.4, 0.5) is 0 Å². The van der Waals surface area contributed by atoms with Crippen LogP contribution in [0.1, 0.15) is 11.1 Å². The second kappa shape index (κ2) is 12.6. The lowest BCUT2D eigenvalue weighted by atomic mass is 9.99. The molecule has 0 bridgehead atoms. The van der Waals surface area contributed by atoms with Gasteiger partial charge in [0.05, 0.1) is 27.4 Å². The highest BCUT2D eigenvalue weighted by Gasteiger charge is 2.46. The summed E-state index contributed by atoms with van der Waals surface area (Å²) in [6.45, 7) is -0.533. The number of benzene rings is 2. The van der Waals surface area contributed by atoms with Crippen LogP contribution in [0.15, 0.2) is 42.5 Å². The number of carbonyl (C=O) groups excluding carboxylic acids is 1. The smallest absolute Gasteiger partial charge is 0.331 e. The Morgan fingerprint density at radius 3 is 2.42 bits per heavy atom. The predicted octanol–water partition coefficient (Wildman–Crippen LogP) is 0.738. The number of methoxy groups -OCH3 is 2. The first-order valence-electron chi connectivity index (χ1n) is 11.1. The highest BCUT2D eigenvalue weighted by Crippen LogP contribution is 2.28. The van der Waals surface area contributed by atoms with Gasteiger partial charge in [-0.25, -0.2) is 4.79 Å². The average molecular weight is 507 g/mol. The number of aliphatic hydroxyl groups is 3. The van der Waals surface area contributed by atoms with Crippen molar-refractivity contribution >= 4 is 12.0 Å². The molecule has 0 aromatic heterocycles. The fourth-order valence-corrected chi connectivity index (χ4v) is 3.66. The van der Waals surface area contributed by atoms with Crippen LogP contribution < -0.4 is 9.47 Å². The molecule has 1 heterocycles. The van der Waals surface area contributed by atoms with E-state index in [9.17, 15) is 30.3 Å². The van der Waals surface area contributed by atoms with E-state index in [2.05, 4.69) is 0 Å². The highest BCUT2D eigenvalue weighted by atomic mass is 16.7. The first-order chi connectivity index (χ1) is 17.3. The Labute approximate surface area is 207 Å². The zero-order valence-corrected chi connectivity index (χ0v) is 19.8. The fraction of sp³-hybridized carbons (Fsp3) is 0.400. The van der Waals surface area contributed by atoms with Gasteiger partial charge in [0.1, 0.15) is 18.3 Å². The molecule has 5 atom stereocenters. The van der Waals surface area contributed by atoms with Crippen LogP contribution in [0.5, 0.6) is 23.0 Å². The predicted molar refractivity (Wildman–Crippen MR) is 126 cm³/mol. The molecule has 0 aliphatic carbocycles. The quantitative estimate of drug-likeness (QED) is 0.228. The van der Waals surface area contributed by atoms with Gasteiger partial charge in [-0.15, -0.1) is 0 Å². The Hall–Kier alpha value is -3.35. The molecule has 1 aliphatic heterocycles. The number of phenolic OH excluding ortho intramolecular Hbond substituents is 2. The number of carbonyl (C=O) groups is 1. The SMILES string of the molecule is COc1ccc(CCO[C@@H]2O[C@H](CO)[C@@H](OC(=O)C=Cc3ccc(O)c(OC)c3)[C@@H](O)[C@H]2O)cc1O. The Morgan fingerprint density at radius 2 is 1.75 bits per heavy atom. The molecule has 0 amide bonds. The maximum Gasteiger partial charge on any atom is 0.331 e. The molecule has 0 spiro atoms. The standard InChI is InChI=1S/C25H30O11/c1-32-18-7-4-15(11-17(18)28)9-10-34-25-23(31)22(30)24(20(13-26)35-25)36-21(29)8-5-14-3-6-16(27)19(12-14)33-2/h3-8,11-12,20,22-28,30-31H,9-10,13H2,1-2H3/t20-,22+,23-,24-,25-/m1/s1. The minimum Gasteiger partial charge on any atom is -0.504 e. The van der Waals surface area contributed by atoms with E-state index < -0.39 is 43.3 Å². The van der Waals surface area contributed by atoms with Crippen LogP contribution in [0.3, 0.4) is 0 Å². The van der Waals surface area contributed by atoms with Gasteiger partial charge in [-0.3, -0.25) is 0 Å². The van der Waals surface area contributed by atoms with Crippen molar-refractivity contribution in [2.45, 2.75) is 37.1 Å². The molecule has 5 N–H and O–H groups in total. The summed E-state index contributed by atoms with van der Waals surface area (Å²) in [4.78, 5) is 12.3. The number of phenols is 2. The van der Waals surface area contributed by atoms with Gasteiger partial charge in [-0.2, -0.15) is 0 Å². The molecule has 11 heteroatoms. The van der Waals surface area contributed by atoms with Gasteiger partial charge in [0.15, 0.2) is 35.4 Å². The summed E-state index contributed by atoms with van der Waals surface area (Å²) < 4.78 is 26.3. The molecule has 2 aromatic rings. The van der Waals surface area contributed by atoms with Crippen LogP contribution in [0.25, 0.3) is 6.08 Å². The van der Waals surface area contributed by atoms with Crippen molar-refractivity contribution in [2.24, 2.45) is 0 Å². The van der Waals surface area contributed by atoms with Gasteiger partial charge in [0.2, 0.25) is 0 Å². The number of aromatic hydroxyl groups is 2. The number of esters is 1. The zero-order chi connectivity index (χ0) is 26.2. The molecule has 196 valence electrons. The van der Waals surface area contributed by atoms with Crippen molar-refractivity contribution in [3.8, 4) is 23.0 Å². The van der Waals surface area contributed by atoms with E-state index in [1.807, 2.05) is 0 Å². The van der Waals surface area contributed by atoms with Gasteiger partial charge in [0, 0.05) is 6.08 Å². The van der Waals surface area contributed by atoms with E-state index in [0.29, 0.717) is 17.7 Å². The molecular formula is C25H30O11. The lowest BCUT2D eigenvalue weighted by molar-refractivity contribution is -0.302. The maximum atomic E-state index is 12.3. The second-order valence-electron chi connectivity index (χ2n) is 8.00. The van der Waals surface area contributed by atoms with Crippen molar-refractivity contribution in [2.75, 3.05) is 27.4 Å². The van der Waals surface area contributed by atoms with Crippen molar-refractivity contribution in [3.05, 3.63) is 53.6 Å². The van der Waals surface area contributed by atoms with E-state index >= 15 is 0 Å². The van der Waals surface area contributed by atoms with Gasteiger partial charge in [-0.05, 0) is 47.9 Å². The van der Waals surface area contributed by atoms with Gasteiger partial charge >= 0.3 is 5.97 Å². The molecule has 0 radical (unpaired) electrons. The number of hydrogen-bond donors (Lipinski definition) is 5. The summed E-state index contributed by atoms with van der Waals surface area (Å²) in [7, 11) is 2.83. The summed E-state index contributed by atoms with van der Waals surface area (Å²) in [6, 6.07) is 9.32. The molecule has 3 rings (SSSR count). The number of hydrogen-bond acceptors (Lipinski definition) is 11. The molecule has 0 unspecified atom stereocenters. The molecule has 36 heavy (non-hydrogen) atoms. The van der Waals surface area contributed by atoms with E-state index in [4.69, 9.17) is 23.7 Å². The lowest BCUT2D eigenvalue weighted by Gasteiger charge is -2.41. The molecule has 11 nitrogen and oxygen atoms in total. The number of aliphatic hydroxyl groups excluding tert-OH is 3. The van der Waals surface area contributed by atoms with E-state index in [1.54, 1.807) is 18.2 Å². The van der Waals surface area contributed by atoms with Crippen molar-refractivity contribution in [1.82, 2.24) is 0 Å². The largest absolute Gasteiger partial charge is 0.504 e. The lowest BCUT2D eigenvalue weighted by Crippen LogP contribution is -2.60. The summed E-state index contributed by atoms with van der Waals surface area (Å²) >= 11 is 0. The van der Waals surface area contributed by atoms with Crippen molar-refractivity contribution in [1.29, 1.82) is 0 Å². The van der Waals surface area contributed by atoms with E-state index in [0.717, 1.165) is 11.6 Å². The third kappa shape index (κ3) is 6.65. The Balaban J connectivity index is 1.56. The van der Waals surface area contributed by atoms with Gasteiger partial charge in [-0.1, -0.05) is 12.1 Å². The van der Waals surface area contributed by atoms with E-state index in [1.165, 1.54) is 38.5 Å². The third-order valence-corrected chi connectivity index (χ3v) is 5.60. The van der Waals surface area contributed by atoms with Crippen molar-refractivity contribution in [3.63, 3.8) is 0 Å². The summed E-state index contributed by atoms with van der Waals surface area (Å²) in [5.74, 6) is -0.377. The molecule has 2 aromatic carbocycles. The van der Waals surface area contributed by atoms with Crippen LogP contribution in [0.2, 0.25) is 0 Å². The summed E-state index contributed by atoms with van der Waals surface area (Å²) in [5, 5.41) is 50.2. The van der Waals surface area contributed by atoms with Crippen molar-refractivity contribution < 1.29 is 54.0 Å². The molecule has 0 saturated carbocycles.